The minimum Gasteiger partial charge on any atom is -0.265 e. The summed E-state index contributed by atoms with van der Waals surface area (Å²) in [5, 5.41) is 3.30. The third-order valence-corrected chi connectivity index (χ3v) is 6.68. The van der Waals surface area contributed by atoms with Crippen LogP contribution in [0.5, 0.6) is 0 Å². The Hall–Kier alpha value is -4.96. The molecule has 4 heterocycles. The Balaban J connectivity index is 1.42. The van der Waals surface area contributed by atoms with Crippen molar-refractivity contribution in [3.05, 3.63) is 122 Å². The molecule has 0 N–H and O–H groups in total. The molecule has 0 radical (unpaired) electrons. The van der Waals surface area contributed by atoms with Crippen molar-refractivity contribution in [3.63, 3.8) is 0 Å². The molecule has 0 spiro atoms. The van der Waals surface area contributed by atoms with E-state index in [4.69, 9.17) is 4.98 Å². The quantitative estimate of drug-likeness (QED) is 0.253. The predicted molar refractivity (Wildman–Crippen MR) is 146 cm³/mol. The summed E-state index contributed by atoms with van der Waals surface area (Å²) < 4.78 is 0. The summed E-state index contributed by atoms with van der Waals surface area (Å²) in [5.41, 5.74) is 9.56. The Kier molecular flexibility index (Phi) is 4.74. The van der Waals surface area contributed by atoms with Gasteiger partial charge in [0.25, 0.3) is 0 Å². The highest BCUT2D eigenvalue weighted by Gasteiger charge is 2.12. The highest BCUT2D eigenvalue weighted by Crippen LogP contribution is 2.37. The molecular formula is C32H20N4. The van der Waals surface area contributed by atoms with Crippen molar-refractivity contribution < 1.29 is 0 Å². The maximum atomic E-state index is 4.83. The first-order chi connectivity index (χ1) is 17.8. The topological polar surface area (TPSA) is 51.6 Å². The monoisotopic (exact) mass is 460 g/mol. The van der Waals surface area contributed by atoms with E-state index in [-0.39, 0.29) is 0 Å². The number of rotatable bonds is 3. The van der Waals surface area contributed by atoms with Gasteiger partial charge in [-0.2, -0.15) is 0 Å². The Morgan fingerprint density at radius 3 is 2.08 bits per heavy atom. The van der Waals surface area contributed by atoms with E-state index in [2.05, 4.69) is 81.7 Å². The van der Waals surface area contributed by atoms with Crippen LogP contribution < -0.4 is 0 Å². The molecule has 0 saturated carbocycles. The lowest BCUT2D eigenvalue weighted by Crippen LogP contribution is -1.90. The Morgan fingerprint density at radius 1 is 0.417 bits per heavy atom. The molecule has 0 unspecified atom stereocenters. The molecule has 7 rings (SSSR count). The zero-order valence-corrected chi connectivity index (χ0v) is 19.3. The maximum absolute atomic E-state index is 4.83. The molecule has 36 heavy (non-hydrogen) atoms. The molecule has 0 amide bonds. The summed E-state index contributed by atoms with van der Waals surface area (Å²) in [6, 6.07) is 31.7. The molecule has 0 saturated heterocycles. The summed E-state index contributed by atoms with van der Waals surface area (Å²) in [6.07, 6.45) is 9.27. The molecule has 0 bridgehead atoms. The van der Waals surface area contributed by atoms with Gasteiger partial charge in [0, 0.05) is 52.7 Å². The predicted octanol–water partition coefficient (Wildman–Crippen LogP) is 7.73. The van der Waals surface area contributed by atoms with E-state index < -0.39 is 0 Å². The van der Waals surface area contributed by atoms with Gasteiger partial charge >= 0.3 is 0 Å². The van der Waals surface area contributed by atoms with Crippen molar-refractivity contribution in [1.82, 2.24) is 19.9 Å². The first-order valence-corrected chi connectivity index (χ1v) is 11.9. The smallest absolute Gasteiger partial charge is 0.0964 e. The molecule has 168 valence electrons. The van der Waals surface area contributed by atoms with Gasteiger partial charge in [-0.3, -0.25) is 19.9 Å². The van der Waals surface area contributed by atoms with E-state index in [1.165, 1.54) is 0 Å². The molecule has 7 aromatic rings. The van der Waals surface area contributed by atoms with Gasteiger partial charge in [0.1, 0.15) is 0 Å². The lowest BCUT2D eigenvalue weighted by atomic mass is 9.91. The highest BCUT2D eigenvalue weighted by atomic mass is 14.7. The summed E-state index contributed by atoms with van der Waals surface area (Å²) in [7, 11) is 0. The van der Waals surface area contributed by atoms with E-state index in [0.29, 0.717) is 0 Å². The first-order valence-electron chi connectivity index (χ1n) is 11.9. The lowest BCUT2D eigenvalue weighted by molar-refractivity contribution is 1.33. The zero-order chi connectivity index (χ0) is 23.9. The number of fused-ring (bicyclic) bond motifs is 4. The van der Waals surface area contributed by atoms with E-state index in [1.807, 2.05) is 55.2 Å². The van der Waals surface area contributed by atoms with Gasteiger partial charge in [-0.25, -0.2) is 0 Å². The minimum atomic E-state index is 0.922. The van der Waals surface area contributed by atoms with E-state index in [1.54, 1.807) is 0 Å². The second-order valence-electron chi connectivity index (χ2n) is 8.84. The number of pyridine rings is 4. The van der Waals surface area contributed by atoms with Crippen LogP contribution in [-0.2, 0) is 0 Å². The minimum absolute atomic E-state index is 0.922. The van der Waals surface area contributed by atoms with Crippen LogP contribution in [0.2, 0.25) is 0 Å². The number of hydrogen-bond acceptors (Lipinski definition) is 4. The third kappa shape index (κ3) is 3.48. The van der Waals surface area contributed by atoms with Crippen molar-refractivity contribution in [1.29, 1.82) is 0 Å². The second kappa shape index (κ2) is 8.36. The van der Waals surface area contributed by atoms with Crippen molar-refractivity contribution in [2.75, 3.05) is 0 Å². The molecule has 0 fully saturated rings. The zero-order valence-electron chi connectivity index (χ0n) is 19.3. The fraction of sp³-hybridized carbons (Fsp3) is 0. The highest BCUT2D eigenvalue weighted by molar-refractivity contribution is 6.03. The van der Waals surface area contributed by atoms with Crippen LogP contribution >= 0.6 is 0 Å². The molecule has 0 aliphatic carbocycles. The molecular weight excluding hydrogens is 440 g/mol. The van der Waals surface area contributed by atoms with Crippen LogP contribution in [0, 0.1) is 0 Å². The fourth-order valence-corrected chi connectivity index (χ4v) is 4.87. The largest absolute Gasteiger partial charge is 0.265 e. The number of hydrogen-bond donors (Lipinski definition) is 0. The summed E-state index contributed by atoms with van der Waals surface area (Å²) in [6.45, 7) is 0. The van der Waals surface area contributed by atoms with Crippen molar-refractivity contribution in [3.8, 4) is 33.4 Å². The molecule has 0 aliphatic heterocycles. The average Bonchev–Trinajstić information content (AvgIpc) is 2.96. The van der Waals surface area contributed by atoms with Gasteiger partial charge < -0.3 is 0 Å². The lowest BCUT2D eigenvalue weighted by Gasteiger charge is -2.14. The molecule has 4 nitrogen and oxygen atoms in total. The van der Waals surface area contributed by atoms with Gasteiger partial charge in [0.2, 0.25) is 0 Å². The number of nitrogens with zero attached hydrogens (tertiary/aromatic N) is 4. The summed E-state index contributed by atoms with van der Waals surface area (Å²) in [4.78, 5) is 18.2. The maximum Gasteiger partial charge on any atom is 0.0964 e. The van der Waals surface area contributed by atoms with E-state index in [0.717, 1.165) is 66.1 Å². The molecule has 3 aromatic carbocycles. The van der Waals surface area contributed by atoms with Crippen LogP contribution in [0.25, 0.3) is 66.1 Å². The van der Waals surface area contributed by atoms with Gasteiger partial charge in [-0.1, -0.05) is 48.5 Å². The van der Waals surface area contributed by atoms with Gasteiger partial charge in [-0.15, -0.1) is 0 Å². The molecule has 0 aliphatic rings. The van der Waals surface area contributed by atoms with Crippen LogP contribution in [-0.4, -0.2) is 19.9 Å². The standard InChI is InChI=1S/C32H20N4/c1-3-22-5-7-25(19-30(22)34-13-1)29-18-24(9-10-28(29)21-11-15-33-16-12-21)27-17-26-8-6-23-4-2-14-35-31(23)32(26)36-20-27/h1-20H. The van der Waals surface area contributed by atoms with E-state index >= 15 is 0 Å². The molecule has 4 aromatic heterocycles. The van der Waals surface area contributed by atoms with Gasteiger partial charge in [-0.05, 0) is 70.3 Å². The number of aromatic nitrogens is 4. The van der Waals surface area contributed by atoms with Crippen LogP contribution in [0.1, 0.15) is 0 Å². The summed E-state index contributed by atoms with van der Waals surface area (Å²) >= 11 is 0. The van der Waals surface area contributed by atoms with Crippen molar-refractivity contribution in [2.24, 2.45) is 0 Å². The Bertz CT molecular complexity index is 1890. The summed E-state index contributed by atoms with van der Waals surface area (Å²) in [5.74, 6) is 0. The third-order valence-electron chi connectivity index (χ3n) is 6.68. The Morgan fingerprint density at radius 2 is 1.17 bits per heavy atom. The van der Waals surface area contributed by atoms with Gasteiger partial charge in [0.15, 0.2) is 0 Å². The van der Waals surface area contributed by atoms with Crippen molar-refractivity contribution >= 4 is 32.7 Å². The van der Waals surface area contributed by atoms with Crippen LogP contribution in [0.4, 0.5) is 0 Å². The molecule has 0 atom stereocenters. The van der Waals surface area contributed by atoms with Crippen molar-refractivity contribution in [2.45, 2.75) is 0 Å². The Labute approximate surface area is 208 Å². The SMILES string of the molecule is c1cnc2cc(-c3cc(-c4cnc5c(ccc6cccnc65)c4)ccc3-c3ccncc3)ccc2c1. The normalized spacial score (nSPS) is 11.3. The molecule has 4 heteroatoms. The van der Waals surface area contributed by atoms with E-state index in [9.17, 15) is 0 Å². The van der Waals surface area contributed by atoms with Gasteiger partial charge in [0.05, 0.1) is 16.6 Å². The fourth-order valence-electron chi connectivity index (χ4n) is 4.87. The second-order valence-corrected chi connectivity index (χ2v) is 8.84. The number of benzene rings is 3. The first kappa shape index (κ1) is 20.4. The average molecular weight is 461 g/mol. The van der Waals surface area contributed by atoms with Crippen LogP contribution in [0.15, 0.2) is 122 Å². The van der Waals surface area contributed by atoms with Crippen LogP contribution in [0.3, 0.4) is 0 Å².